The van der Waals surface area contributed by atoms with Crippen LogP contribution in [0.1, 0.15) is 11.3 Å². The molecule has 1 aromatic carbocycles. The first-order valence-corrected chi connectivity index (χ1v) is 9.33. The van der Waals surface area contributed by atoms with Crippen LogP contribution >= 0.6 is 0 Å². The number of pyridine rings is 1. The second-order valence-electron chi connectivity index (χ2n) is 5.53. The number of hydrogen-bond donors (Lipinski definition) is 1. The summed E-state index contributed by atoms with van der Waals surface area (Å²) in [5, 5.41) is 7.83. The van der Waals surface area contributed by atoms with Gasteiger partial charge in [0.25, 0.3) is 0 Å². The Kier molecular flexibility index (Phi) is 4.35. The number of sulfone groups is 1. The van der Waals surface area contributed by atoms with E-state index in [1.54, 1.807) is 6.07 Å². The van der Waals surface area contributed by atoms with Gasteiger partial charge in [-0.15, -0.1) is 0 Å². The van der Waals surface area contributed by atoms with Crippen LogP contribution in [0, 0.1) is 6.92 Å². The lowest BCUT2D eigenvalue weighted by atomic mass is 10.2. The number of nitrogens with one attached hydrogen (secondary N) is 1. The van der Waals surface area contributed by atoms with E-state index in [-0.39, 0.29) is 5.03 Å². The minimum Gasteiger partial charge on any atom is -0.380 e. The highest BCUT2D eigenvalue weighted by molar-refractivity contribution is 7.90. The van der Waals surface area contributed by atoms with Crippen molar-refractivity contribution in [2.24, 2.45) is 0 Å². The number of rotatable bonds is 5. The number of para-hydroxylation sites is 1. The van der Waals surface area contributed by atoms with Gasteiger partial charge in [-0.1, -0.05) is 18.2 Å². The quantitative estimate of drug-likeness (QED) is 0.771. The molecule has 24 heavy (non-hydrogen) atoms. The van der Waals surface area contributed by atoms with Crippen LogP contribution in [0.5, 0.6) is 0 Å². The van der Waals surface area contributed by atoms with Crippen LogP contribution < -0.4 is 5.32 Å². The van der Waals surface area contributed by atoms with Crippen molar-refractivity contribution in [1.29, 1.82) is 0 Å². The van der Waals surface area contributed by atoms with E-state index >= 15 is 0 Å². The molecule has 124 valence electrons. The number of benzene rings is 1. The molecular weight excluding hydrogens is 324 g/mol. The Morgan fingerprint density at radius 2 is 1.88 bits per heavy atom. The fourth-order valence-corrected chi connectivity index (χ4v) is 2.84. The van der Waals surface area contributed by atoms with Crippen molar-refractivity contribution in [3.8, 4) is 5.69 Å². The fourth-order valence-electron chi connectivity index (χ4n) is 2.28. The van der Waals surface area contributed by atoms with Gasteiger partial charge in [-0.3, -0.25) is 0 Å². The minimum atomic E-state index is -3.27. The van der Waals surface area contributed by atoms with Gasteiger partial charge >= 0.3 is 0 Å². The van der Waals surface area contributed by atoms with Gasteiger partial charge in [0, 0.05) is 24.6 Å². The summed E-state index contributed by atoms with van der Waals surface area (Å²) >= 11 is 0. The number of hydrogen-bond acceptors (Lipinski definition) is 5. The number of aryl methyl sites for hydroxylation is 1. The molecule has 0 spiro atoms. The normalized spacial score (nSPS) is 11.4. The Balaban J connectivity index is 1.72. The molecule has 0 atom stereocenters. The molecule has 0 aliphatic rings. The van der Waals surface area contributed by atoms with Crippen molar-refractivity contribution in [3.63, 3.8) is 0 Å². The number of nitrogens with zero attached hydrogens (tertiary/aromatic N) is 3. The first-order valence-electron chi connectivity index (χ1n) is 7.44. The summed E-state index contributed by atoms with van der Waals surface area (Å²) in [7, 11) is -3.27. The SMILES string of the molecule is Cc1nn(-c2ccccc2)cc1CNc1ccc(S(C)(=O)=O)nc1. The Labute approximate surface area is 141 Å². The Morgan fingerprint density at radius 3 is 2.50 bits per heavy atom. The minimum absolute atomic E-state index is 0.0705. The van der Waals surface area contributed by atoms with Crippen molar-refractivity contribution < 1.29 is 8.42 Å². The summed E-state index contributed by atoms with van der Waals surface area (Å²) in [5.74, 6) is 0. The van der Waals surface area contributed by atoms with Crippen molar-refractivity contribution in [1.82, 2.24) is 14.8 Å². The van der Waals surface area contributed by atoms with Gasteiger partial charge in [-0.2, -0.15) is 5.10 Å². The molecule has 0 bridgehead atoms. The first-order chi connectivity index (χ1) is 11.4. The molecule has 2 aromatic heterocycles. The molecule has 3 rings (SSSR count). The Bertz CT molecular complexity index is 932. The Hall–Kier alpha value is -2.67. The van der Waals surface area contributed by atoms with Crippen LogP contribution in [0.15, 0.2) is 59.9 Å². The molecule has 0 saturated heterocycles. The summed E-state index contributed by atoms with van der Waals surface area (Å²) in [6.07, 6.45) is 4.65. The zero-order valence-corrected chi connectivity index (χ0v) is 14.3. The zero-order valence-electron chi connectivity index (χ0n) is 13.5. The smallest absolute Gasteiger partial charge is 0.192 e. The molecule has 1 N–H and O–H groups in total. The second-order valence-corrected chi connectivity index (χ2v) is 7.49. The van der Waals surface area contributed by atoms with Crippen molar-refractivity contribution in [2.75, 3.05) is 11.6 Å². The maximum atomic E-state index is 11.4. The molecule has 0 unspecified atom stereocenters. The van der Waals surface area contributed by atoms with Crippen LogP contribution in [0.3, 0.4) is 0 Å². The van der Waals surface area contributed by atoms with Gasteiger partial charge in [-0.05, 0) is 31.2 Å². The molecule has 3 aromatic rings. The highest BCUT2D eigenvalue weighted by atomic mass is 32.2. The standard InChI is InChI=1S/C17H18N4O2S/c1-13-14(12-21(20-13)16-6-4-3-5-7-16)10-18-15-8-9-17(19-11-15)24(2,22)23/h3-9,11-12,18H,10H2,1-2H3. The number of aromatic nitrogens is 3. The molecule has 0 aliphatic heterocycles. The van der Waals surface area contributed by atoms with Crippen LogP contribution in [-0.4, -0.2) is 29.4 Å². The highest BCUT2D eigenvalue weighted by Crippen LogP contribution is 2.15. The molecule has 0 amide bonds. The second kappa shape index (κ2) is 6.45. The third-order valence-electron chi connectivity index (χ3n) is 3.62. The first kappa shape index (κ1) is 16.2. The summed E-state index contributed by atoms with van der Waals surface area (Å²) in [5.41, 5.74) is 3.76. The van der Waals surface area contributed by atoms with Crippen molar-refractivity contribution in [3.05, 3.63) is 66.1 Å². The maximum absolute atomic E-state index is 11.4. The van der Waals surface area contributed by atoms with E-state index in [0.29, 0.717) is 6.54 Å². The van der Waals surface area contributed by atoms with Crippen molar-refractivity contribution >= 4 is 15.5 Å². The average molecular weight is 342 g/mol. The fraction of sp³-hybridized carbons (Fsp3) is 0.176. The number of anilines is 1. The third-order valence-corrected chi connectivity index (χ3v) is 4.62. The molecule has 2 heterocycles. The van der Waals surface area contributed by atoms with Crippen molar-refractivity contribution in [2.45, 2.75) is 18.5 Å². The van der Waals surface area contributed by atoms with E-state index in [1.807, 2.05) is 48.1 Å². The van der Waals surface area contributed by atoms with E-state index in [1.165, 1.54) is 12.3 Å². The van der Waals surface area contributed by atoms with E-state index in [2.05, 4.69) is 15.4 Å². The third kappa shape index (κ3) is 3.62. The van der Waals surface area contributed by atoms with E-state index in [4.69, 9.17) is 0 Å². The predicted molar refractivity (Wildman–Crippen MR) is 93.0 cm³/mol. The molecule has 0 fully saturated rings. The van der Waals surface area contributed by atoms with Gasteiger partial charge in [0.15, 0.2) is 14.9 Å². The van der Waals surface area contributed by atoms with Gasteiger partial charge in [0.2, 0.25) is 0 Å². The Morgan fingerprint density at radius 1 is 1.12 bits per heavy atom. The van der Waals surface area contributed by atoms with Gasteiger partial charge < -0.3 is 5.32 Å². The van der Waals surface area contributed by atoms with E-state index in [9.17, 15) is 8.42 Å². The maximum Gasteiger partial charge on any atom is 0.192 e. The summed E-state index contributed by atoms with van der Waals surface area (Å²) in [6.45, 7) is 2.54. The van der Waals surface area contributed by atoms with Crippen LogP contribution in [0.25, 0.3) is 5.69 Å². The topological polar surface area (TPSA) is 76.9 Å². The lowest BCUT2D eigenvalue weighted by molar-refractivity contribution is 0.598. The van der Waals surface area contributed by atoms with Gasteiger partial charge in [0.1, 0.15) is 0 Å². The lowest BCUT2D eigenvalue weighted by Crippen LogP contribution is -2.03. The average Bonchev–Trinajstić information content (AvgIpc) is 2.94. The summed E-state index contributed by atoms with van der Waals surface area (Å²) < 4.78 is 24.7. The van der Waals surface area contributed by atoms with E-state index < -0.39 is 9.84 Å². The lowest BCUT2D eigenvalue weighted by Gasteiger charge is -2.05. The monoisotopic (exact) mass is 342 g/mol. The van der Waals surface area contributed by atoms with Gasteiger partial charge in [0.05, 0.1) is 23.3 Å². The predicted octanol–water partition coefficient (Wildman–Crippen LogP) is 2.59. The van der Waals surface area contributed by atoms with Crippen LogP contribution in [-0.2, 0) is 16.4 Å². The van der Waals surface area contributed by atoms with E-state index in [0.717, 1.165) is 28.9 Å². The molecule has 0 saturated carbocycles. The van der Waals surface area contributed by atoms with Crippen LogP contribution in [0.4, 0.5) is 5.69 Å². The largest absolute Gasteiger partial charge is 0.380 e. The van der Waals surface area contributed by atoms with Crippen LogP contribution in [0.2, 0.25) is 0 Å². The molecule has 6 nitrogen and oxygen atoms in total. The molecule has 7 heteroatoms. The zero-order chi connectivity index (χ0) is 17.2. The highest BCUT2D eigenvalue weighted by Gasteiger charge is 2.09. The van der Waals surface area contributed by atoms with Gasteiger partial charge in [-0.25, -0.2) is 18.1 Å². The molecule has 0 aliphatic carbocycles. The molecule has 0 radical (unpaired) electrons. The summed E-state index contributed by atoms with van der Waals surface area (Å²) in [6, 6.07) is 13.1. The summed E-state index contributed by atoms with van der Waals surface area (Å²) in [4.78, 5) is 3.97. The molecular formula is C17H18N4O2S.